The zero-order valence-electron chi connectivity index (χ0n) is 11.6. The molecule has 4 heteroatoms. The van der Waals surface area contributed by atoms with Gasteiger partial charge in [-0.3, -0.25) is 0 Å². The van der Waals surface area contributed by atoms with Crippen LogP contribution < -0.4 is 10.1 Å². The number of hydrogen-bond donors (Lipinski definition) is 1. The minimum Gasteiger partial charge on any atom is -0.489 e. The van der Waals surface area contributed by atoms with E-state index in [9.17, 15) is 4.39 Å². The second kappa shape index (κ2) is 6.46. The number of rotatable bonds is 6. The van der Waals surface area contributed by atoms with Crippen LogP contribution >= 0.6 is 11.6 Å². The van der Waals surface area contributed by atoms with Gasteiger partial charge >= 0.3 is 0 Å². The summed E-state index contributed by atoms with van der Waals surface area (Å²) in [5.74, 6) is 0.0275. The number of ether oxygens (including phenoxy) is 1. The molecule has 2 aromatic rings. The zero-order chi connectivity index (χ0) is 14.7. The fourth-order valence-corrected chi connectivity index (χ4v) is 2.26. The molecule has 1 N–H and O–H groups in total. The van der Waals surface area contributed by atoms with Crippen LogP contribution in [0.2, 0.25) is 5.02 Å². The summed E-state index contributed by atoms with van der Waals surface area (Å²) in [6.07, 6.45) is 2.53. The molecule has 0 heterocycles. The molecule has 0 amide bonds. The Kier molecular flexibility index (Phi) is 4.42. The highest BCUT2D eigenvalue weighted by Gasteiger charge is 2.20. The van der Waals surface area contributed by atoms with Crippen LogP contribution in [0.5, 0.6) is 5.75 Å². The molecule has 110 valence electrons. The molecule has 2 aromatic carbocycles. The summed E-state index contributed by atoms with van der Waals surface area (Å²) < 4.78 is 19.0. The van der Waals surface area contributed by atoms with E-state index in [-0.39, 0.29) is 5.02 Å². The van der Waals surface area contributed by atoms with Crippen molar-refractivity contribution in [3.8, 4) is 5.75 Å². The number of hydrogen-bond acceptors (Lipinski definition) is 2. The zero-order valence-corrected chi connectivity index (χ0v) is 12.4. The number of benzene rings is 2. The molecule has 0 bridgehead atoms. The Morgan fingerprint density at radius 3 is 2.62 bits per heavy atom. The number of halogens is 2. The van der Waals surface area contributed by atoms with E-state index in [1.807, 2.05) is 18.2 Å². The molecule has 0 atom stereocenters. The van der Waals surface area contributed by atoms with Crippen LogP contribution in [0.4, 0.5) is 4.39 Å². The van der Waals surface area contributed by atoms with Gasteiger partial charge in [0.1, 0.15) is 18.2 Å². The van der Waals surface area contributed by atoms with Crippen molar-refractivity contribution in [1.82, 2.24) is 5.32 Å². The van der Waals surface area contributed by atoms with Gasteiger partial charge in [0.2, 0.25) is 0 Å². The summed E-state index contributed by atoms with van der Waals surface area (Å²) in [6.45, 7) is 1.27. The van der Waals surface area contributed by atoms with Crippen molar-refractivity contribution in [1.29, 1.82) is 0 Å². The highest BCUT2D eigenvalue weighted by atomic mass is 35.5. The lowest BCUT2D eigenvalue weighted by molar-refractivity contribution is 0.303. The lowest BCUT2D eigenvalue weighted by Crippen LogP contribution is -2.16. The average Bonchev–Trinajstić information content (AvgIpc) is 3.31. The summed E-state index contributed by atoms with van der Waals surface area (Å²) in [4.78, 5) is 0. The van der Waals surface area contributed by atoms with E-state index in [4.69, 9.17) is 16.3 Å². The maximum atomic E-state index is 13.4. The lowest BCUT2D eigenvalue weighted by Gasteiger charge is -2.12. The molecule has 1 fully saturated rings. The van der Waals surface area contributed by atoms with E-state index in [2.05, 4.69) is 11.4 Å². The first-order valence-corrected chi connectivity index (χ1v) is 7.48. The quantitative estimate of drug-likeness (QED) is 0.858. The first-order chi connectivity index (χ1) is 10.2. The Bertz CT molecular complexity index is 628. The predicted octanol–water partition coefficient (Wildman–Crippen LogP) is 4.31. The van der Waals surface area contributed by atoms with Crippen molar-refractivity contribution >= 4 is 11.6 Å². The van der Waals surface area contributed by atoms with E-state index in [1.54, 1.807) is 6.07 Å². The van der Waals surface area contributed by atoms with Crippen molar-refractivity contribution in [2.45, 2.75) is 32.0 Å². The Morgan fingerprint density at radius 1 is 1.14 bits per heavy atom. The summed E-state index contributed by atoms with van der Waals surface area (Å²) >= 11 is 5.66. The van der Waals surface area contributed by atoms with Gasteiger partial charge in [0, 0.05) is 18.7 Å². The van der Waals surface area contributed by atoms with Gasteiger partial charge in [-0.05, 0) is 36.1 Å². The second-order valence-electron chi connectivity index (χ2n) is 5.29. The van der Waals surface area contributed by atoms with Gasteiger partial charge < -0.3 is 10.1 Å². The van der Waals surface area contributed by atoms with Crippen molar-refractivity contribution in [3.63, 3.8) is 0 Å². The molecule has 0 aliphatic heterocycles. The summed E-state index contributed by atoms with van der Waals surface area (Å²) in [6, 6.07) is 13.3. The highest BCUT2D eigenvalue weighted by Crippen LogP contribution is 2.23. The van der Waals surface area contributed by atoms with E-state index in [1.165, 1.54) is 30.5 Å². The second-order valence-corrected chi connectivity index (χ2v) is 5.70. The van der Waals surface area contributed by atoms with Gasteiger partial charge in [0.25, 0.3) is 0 Å². The maximum absolute atomic E-state index is 13.4. The first kappa shape index (κ1) is 14.4. The van der Waals surface area contributed by atoms with Crippen molar-refractivity contribution in [2.24, 2.45) is 0 Å². The SMILES string of the molecule is Fc1cc(OCc2ccccc2CNC2CC2)ccc1Cl. The Labute approximate surface area is 128 Å². The van der Waals surface area contributed by atoms with Gasteiger partial charge in [0.15, 0.2) is 0 Å². The van der Waals surface area contributed by atoms with Crippen LogP contribution in [0.1, 0.15) is 24.0 Å². The lowest BCUT2D eigenvalue weighted by atomic mass is 10.1. The highest BCUT2D eigenvalue weighted by molar-refractivity contribution is 6.30. The molecule has 1 aliphatic carbocycles. The fourth-order valence-electron chi connectivity index (χ4n) is 2.14. The molecular weight excluding hydrogens is 289 g/mol. The van der Waals surface area contributed by atoms with E-state index in [0.29, 0.717) is 18.4 Å². The summed E-state index contributed by atoms with van der Waals surface area (Å²) in [5.41, 5.74) is 2.33. The van der Waals surface area contributed by atoms with Crippen LogP contribution in [0, 0.1) is 5.82 Å². The average molecular weight is 306 g/mol. The summed E-state index contributed by atoms with van der Waals surface area (Å²) in [7, 11) is 0. The van der Waals surface area contributed by atoms with E-state index >= 15 is 0 Å². The molecule has 2 nitrogen and oxygen atoms in total. The standard InChI is InChI=1S/C17H17ClFNO/c18-16-8-7-15(9-17(16)19)21-11-13-4-2-1-3-12(13)10-20-14-5-6-14/h1-4,7-9,14,20H,5-6,10-11H2. The smallest absolute Gasteiger partial charge is 0.145 e. The Morgan fingerprint density at radius 2 is 1.90 bits per heavy atom. The molecule has 0 aromatic heterocycles. The van der Waals surface area contributed by atoms with Crippen molar-refractivity contribution in [3.05, 3.63) is 64.4 Å². The van der Waals surface area contributed by atoms with Gasteiger partial charge in [-0.2, -0.15) is 0 Å². The molecule has 0 spiro atoms. The third-order valence-electron chi connectivity index (χ3n) is 3.56. The predicted molar refractivity (Wildman–Crippen MR) is 82.0 cm³/mol. The molecule has 1 saturated carbocycles. The number of nitrogens with one attached hydrogen (secondary N) is 1. The molecule has 21 heavy (non-hydrogen) atoms. The van der Waals surface area contributed by atoms with Crippen LogP contribution in [-0.4, -0.2) is 6.04 Å². The third kappa shape index (κ3) is 3.96. The maximum Gasteiger partial charge on any atom is 0.145 e. The monoisotopic (exact) mass is 305 g/mol. The van der Waals surface area contributed by atoms with Crippen molar-refractivity contribution < 1.29 is 9.13 Å². The largest absolute Gasteiger partial charge is 0.489 e. The minimum absolute atomic E-state index is 0.108. The molecular formula is C17H17ClFNO. The topological polar surface area (TPSA) is 21.3 Å². The van der Waals surface area contributed by atoms with E-state index < -0.39 is 5.82 Å². The van der Waals surface area contributed by atoms with Crippen LogP contribution in [0.3, 0.4) is 0 Å². The van der Waals surface area contributed by atoms with Crippen LogP contribution in [-0.2, 0) is 13.2 Å². The molecule has 0 unspecified atom stereocenters. The third-order valence-corrected chi connectivity index (χ3v) is 3.87. The van der Waals surface area contributed by atoms with Gasteiger partial charge in [-0.25, -0.2) is 4.39 Å². The minimum atomic E-state index is -0.460. The first-order valence-electron chi connectivity index (χ1n) is 7.10. The van der Waals surface area contributed by atoms with Gasteiger partial charge in [0.05, 0.1) is 5.02 Å². The van der Waals surface area contributed by atoms with Gasteiger partial charge in [-0.1, -0.05) is 35.9 Å². The Balaban J connectivity index is 1.64. The summed E-state index contributed by atoms with van der Waals surface area (Å²) in [5, 5.41) is 3.60. The molecule has 1 aliphatic rings. The fraction of sp³-hybridized carbons (Fsp3) is 0.294. The molecule has 3 rings (SSSR count). The van der Waals surface area contributed by atoms with Crippen LogP contribution in [0.15, 0.2) is 42.5 Å². The molecule has 0 saturated heterocycles. The van der Waals surface area contributed by atoms with Crippen molar-refractivity contribution in [2.75, 3.05) is 0 Å². The normalized spacial score (nSPS) is 14.2. The van der Waals surface area contributed by atoms with Gasteiger partial charge in [-0.15, -0.1) is 0 Å². The van der Waals surface area contributed by atoms with E-state index in [0.717, 1.165) is 12.1 Å². The molecule has 0 radical (unpaired) electrons. The van der Waals surface area contributed by atoms with Crippen LogP contribution in [0.25, 0.3) is 0 Å². The Hall–Kier alpha value is -1.58.